The molecule has 35 heavy (non-hydrogen) atoms. The highest BCUT2D eigenvalue weighted by Crippen LogP contribution is 2.35. The van der Waals surface area contributed by atoms with Gasteiger partial charge in [-0.25, -0.2) is 4.68 Å². The molecule has 0 aliphatic carbocycles. The summed E-state index contributed by atoms with van der Waals surface area (Å²) in [5.41, 5.74) is 9.62. The van der Waals surface area contributed by atoms with Gasteiger partial charge in [-0.15, -0.1) is 11.8 Å². The lowest BCUT2D eigenvalue weighted by atomic mass is 10.1. The molecule has 0 saturated heterocycles. The normalized spacial score (nSPS) is 10.9. The molecule has 2 aromatic heterocycles. The van der Waals surface area contributed by atoms with Crippen LogP contribution in [0.15, 0.2) is 52.0 Å². The Morgan fingerprint density at radius 1 is 1.17 bits per heavy atom. The summed E-state index contributed by atoms with van der Waals surface area (Å²) in [4.78, 5) is 17.2. The number of rotatable bonds is 9. The van der Waals surface area contributed by atoms with Crippen molar-refractivity contribution in [3.05, 3.63) is 53.6 Å². The molecule has 0 fully saturated rings. The van der Waals surface area contributed by atoms with Gasteiger partial charge in [0, 0.05) is 17.7 Å². The van der Waals surface area contributed by atoms with Crippen molar-refractivity contribution in [3.63, 3.8) is 0 Å². The van der Waals surface area contributed by atoms with Crippen LogP contribution in [-0.2, 0) is 17.9 Å². The highest BCUT2D eigenvalue weighted by molar-refractivity contribution is 7.98. The van der Waals surface area contributed by atoms with Gasteiger partial charge in [0.1, 0.15) is 23.0 Å². The van der Waals surface area contributed by atoms with Gasteiger partial charge < -0.3 is 25.0 Å². The van der Waals surface area contributed by atoms with Crippen LogP contribution in [0.3, 0.4) is 0 Å². The van der Waals surface area contributed by atoms with E-state index in [4.69, 9.17) is 19.7 Å². The number of aryl methyl sites for hydroxylation is 1. The summed E-state index contributed by atoms with van der Waals surface area (Å²) in [7, 11) is 3.12. The van der Waals surface area contributed by atoms with Crippen LogP contribution in [0.4, 0.5) is 5.82 Å². The molecule has 0 aliphatic rings. The van der Waals surface area contributed by atoms with Gasteiger partial charge in [-0.1, -0.05) is 47.1 Å². The molecule has 2 heterocycles. The van der Waals surface area contributed by atoms with Gasteiger partial charge in [0.05, 0.1) is 14.2 Å². The molecular formula is C24H26N6O4S. The van der Waals surface area contributed by atoms with Crippen molar-refractivity contribution in [2.45, 2.75) is 25.0 Å². The smallest absolute Gasteiger partial charge is 0.264 e. The number of nitrogens with zero attached hydrogens (tertiary/aromatic N) is 4. The second kappa shape index (κ2) is 10.5. The minimum absolute atomic E-state index is 0.0787. The molecule has 0 unspecified atom stereocenters. The third kappa shape index (κ3) is 5.09. The van der Waals surface area contributed by atoms with E-state index in [1.807, 2.05) is 49.6 Å². The number of carbonyl (C=O) groups is 1. The topological polar surface area (TPSA) is 130 Å². The second-order valence-electron chi connectivity index (χ2n) is 7.65. The van der Waals surface area contributed by atoms with Crippen molar-refractivity contribution in [1.82, 2.24) is 25.2 Å². The summed E-state index contributed by atoms with van der Waals surface area (Å²) in [6.45, 7) is 2.19. The Bertz CT molecular complexity index is 1330. The van der Waals surface area contributed by atoms with Gasteiger partial charge in [0.15, 0.2) is 11.5 Å². The zero-order chi connectivity index (χ0) is 24.9. The van der Waals surface area contributed by atoms with Crippen LogP contribution in [0.5, 0.6) is 11.5 Å². The fourth-order valence-electron chi connectivity index (χ4n) is 3.54. The summed E-state index contributed by atoms with van der Waals surface area (Å²) in [5.74, 6) is 1.85. The highest BCUT2D eigenvalue weighted by Gasteiger charge is 2.24. The molecule has 182 valence electrons. The monoisotopic (exact) mass is 494 g/mol. The van der Waals surface area contributed by atoms with Crippen LogP contribution in [-0.4, -0.2) is 46.3 Å². The average Bonchev–Trinajstić information content (AvgIpc) is 3.47. The van der Waals surface area contributed by atoms with Crippen LogP contribution in [0.2, 0.25) is 0 Å². The fourth-order valence-corrected chi connectivity index (χ4v) is 4.12. The zero-order valence-corrected chi connectivity index (χ0v) is 20.7. The van der Waals surface area contributed by atoms with Crippen molar-refractivity contribution in [2.75, 3.05) is 26.2 Å². The number of aromatic nitrogens is 4. The van der Waals surface area contributed by atoms with E-state index in [0.717, 1.165) is 16.7 Å². The average molecular weight is 495 g/mol. The number of hydrogen-bond acceptors (Lipinski definition) is 9. The van der Waals surface area contributed by atoms with E-state index in [9.17, 15) is 4.79 Å². The van der Waals surface area contributed by atoms with Crippen molar-refractivity contribution in [2.24, 2.45) is 0 Å². The molecule has 0 saturated carbocycles. The summed E-state index contributed by atoms with van der Waals surface area (Å²) >= 11 is 1.38. The van der Waals surface area contributed by atoms with Gasteiger partial charge in [0.25, 0.3) is 5.89 Å². The van der Waals surface area contributed by atoms with Crippen molar-refractivity contribution in [3.8, 4) is 34.3 Å². The van der Waals surface area contributed by atoms with Crippen molar-refractivity contribution in [1.29, 1.82) is 0 Å². The molecular weight excluding hydrogens is 468 g/mol. The third-order valence-corrected chi connectivity index (χ3v) is 6.03. The number of anilines is 1. The zero-order valence-electron chi connectivity index (χ0n) is 19.9. The summed E-state index contributed by atoms with van der Waals surface area (Å²) in [6, 6.07) is 13.3. The molecule has 0 bridgehead atoms. The molecule has 11 heteroatoms. The maximum atomic E-state index is 12.7. The van der Waals surface area contributed by atoms with Gasteiger partial charge in [-0.3, -0.25) is 4.79 Å². The lowest BCUT2D eigenvalue weighted by Crippen LogP contribution is -2.28. The Labute approximate surface area is 206 Å². The third-order valence-electron chi connectivity index (χ3n) is 5.36. The number of benzene rings is 2. The van der Waals surface area contributed by atoms with E-state index >= 15 is 0 Å². The minimum Gasteiger partial charge on any atom is -0.493 e. The molecule has 2 aromatic carbocycles. The summed E-state index contributed by atoms with van der Waals surface area (Å²) < 4.78 is 17.7. The molecule has 0 radical (unpaired) electrons. The summed E-state index contributed by atoms with van der Waals surface area (Å²) in [6.07, 6.45) is 1.86. The first kappa shape index (κ1) is 24.1. The van der Waals surface area contributed by atoms with E-state index < -0.39 is 0 Å². The number of thioether (sulfide) groups is 1. The van der Waals surface area contributed by atoms with Crippen molar-refractivity contribution < 1.29 is 18.8 Å². The SMILES string of the molecule is COc1cccc(CNC(=O)Cn2nc(SC)c(-c3nc(-c4ccc(C)cc4)no3)c2N)c1OC. The summed E-state index contributed by atoms with van der Waals surface area (Å²) in [5, 5.41) is 12.0. The first-order valence-corrected chi connectivity index (χ1v) is 12.0. The maximum Gasteiger partial charge on any atom is 0.264 e. The van der Waals surface area contributed by atoms with Gasteiger partial charge in [0.2, 0.25) is 11.7 Å². The Hall–Kier alpha value is -3.99. The molecule has 1 amide bonds. The molecule has 0 atom stereocenters. The Balaban J connectivity index is 1.51. The van der Waals surface area contributed by atoms with Gasteiger partial charge >= 0.3 is 0 Å². The molecule has 4 aromatic rings. The van der Waals surface area contributed by atoms with Gasteiger partial charge in [-0.05, 0) is 19.2 Å². The first-order chi connectivity index (χ1) is 16.9. The molecule has 0 spiro atoms. The molecule has 10 nitrogen and oxygen atoms in total. The molecule has 3 N–H and O–H groups in total. The Morgan fingerprint density at radius 2 is 1.94 bits per heavy atom. The number of hydrogen-bond donors (Lipinski definition) is 2. The fraction of sp³-hybridized carbons (Fsp3) is 0.250. The maximum absolute atomic E-state index is 12.7. The van der Waals surface area contributed by atoms with E-state index in [1.165, 1.54) is 16.4 Å². The number of nitrogens with two attached hydrogens (primary N) is 1. The van der Waals surface area contributed by atoms with Crippen LogP contribution >= 0.6 is 11.8 Å². The largest absolute Gasteiger partial charge is 0.493 e. The number of amides is 1. The number of methoxy groups -OCH3 is 2. The predicted molar refractivity (Wildman–Crippen MR) is 133 cm³/mol. The first-order valence-electron chi connectivity index (χ1n) is 10.7. The number of carbonyl (C=O) groups excluding carboxylic acids is 1. The Kier molecular flexibility index (Phi) is 7.25. The lowest BCUT2D eigenvalue weighted by Gasteiger charge is -2.13. The Morgan fingerprint density at radius 3 is 2.63 bits per heavy atom. The van der Waals surface area contributed by atoms with Gasteiger partial charge in [-0.2, -0.15) is 10.1 Å². The minimum atomic E-state index is -0.269. The van der Waals surface area contributed by atoms with E-state index in [1.54, 1.807) is 20.3 Å². The number of para-hydroxylation sites is 1. The van der Waals surface area contributed by atoms with Crippen LogP contribution in [0.1, 0.15) is 11.1 Å². The van der Waals surface area contributed by atoms with E-state index in [2.05, 4.69) is 20.6 Å². The highest BCUT2D eigenvalue weighted by atomic mass is 32.2. The van der Waals surface area contributed by atoms with Crippen LogP contribution < -0.4 is 20.5 Å². The number of nitrogen functional groups attached to an aromatic ring is 1. The predicted octanol–water partition coefficient (Wildman–Crippen LogP) is 3.55. The van der Waals surface area contributed by atoms with Crippen LogP contribution in [0, 0.1) is 6.92 Å². The molecule has 4 rings (SSSR count). The van der Waals surface area contributed by atoms with Crippen LogP contribution in [0.25, 0.3) is 22.8 Å². The number of nitrogens with one attached hydrogen (secondary N) is 1. The van der Waals surface area contributed by atoms with E-state index in [-0.39, 0.29) is 30.7 Å². The lowest BCUT2D eigenvalue weighted by molar-refractivity contribution is -0.122. The standard InChI is InChI=1S/C24H26N6O4S/c1-14-8-10-15(11-9-14)22-27-23(34-29-22)19-21(25)30(28-24(19)35-4)13-18(31)26-12-16-6-5-7-17(32-2)20(16)33-3/h5-11H,12-13,25H2,1-4H3,(H,26,31). The quantitative estimate of drug-likeness (QED) is 0.335. The second-order valence-corrected chi connectivity index (χ2v) is 8.44. The number of ether oxygens (including phenoxy) is 2. The van der Waals surface area contributed by atoms with E-state index in [0.29, 0.717) is 27.9 Å². The molecule has 0 aliphatic heterocycles. The van der Waals surface area contributed by atoms with Crippen molar-refractivity contribution >= 4 is 23.5 Å².